The van der Waals surface area contributed by atoms with Crippen LogP contribution in [-0.2, 0) is 33.3 Å². The van der Waals surface area contributed by atoms with Crippen LogP contribution in [0.2, 0.25) is 0 Å². The first-order valence-corrected chi connectivity index (χ1v) is 8.43. The SMILES string of the molecule is C=C(C)[C@@]1(/C=C/C(=C\O[C@H]2C=C(C)C(=O)O2)C(=O)OC)OC(=O)CC1(C)C. The third-order valence-electron chi connectivity index (χ3n) is 4.68. The van der Waals surface area contributed by atoms with Crippen LogP contribution in [0.4, 0.5) is 0 Å². The molecule has 0 aromatic heterocycles. The van der Waals surface area contributed by atoms with Gasteiger partial charge in [0.1, 0.15) is 6.26 Å². The zero-order valence-corrected chi connectivity index (χ0v) is 16.2. The van der Waals surface area contributed by atoms with E-state index in [9.17, 15) is 14.4 Å². The van der Waals surface area contributed by atoms with Gasteiger partial charge in [0.2, 0.25) is 0 Å². The Morgan fingerprint density at radius 2 is 2.04 bits per heavy atom. The lowest BCUT2D eigenvalue weighted by molar-refractivity contribution is -0.152. The number of carbonyl (C=O) groups is 3. The standard InChI is InChI=1S/C20H24O7/c1-12(2)20(19(4,5)10-15(21)27-20)8-7-14(18(23)24-6)11-25-16-9-13(3)17(22)26-16/h7-9,11,16H,1,10H2,2-6H3/b8-7+,14-11+/t16-,20-/m1/s1. The Bertz CT molecular complexity index is 769. The monoisotopic (exact) mass is 376 g/mol. The second-order valence-electron chi connectivity index (χ2n) is 7.21. The number of cyclic esters (lactones) is 2. The van der Waals surface area contributed by atoms with Crippen LogP contribution in [0.1, 0.15) is 34.1 Å². The largest absolute Gasteiger partial charge is 0.465 e. The van der Waals surface area contributed by atoms with Gasteiger partial charge < -0.3 is 18.9 Å². The third kappa shape index (κ3) is 3.97. The number of esters is 3. The van der Waals surface area contributed by atoms with Gasteiger partial charge in [0.25, 0.3) is 6.29 Å². The number of hydrogen-bond donors (Lipinski definition) is 0. The lowest BCUT2D eigenvalue weighted by Gasteiger charge is -2.37. The van der Waals surface area contributed by atoms with Crippen LogP contribution in [0.3, 0.4) is 0 Å². The van der Waals surface area contributed by atoms with Gasteiger partial charge in [-0.1, -0.05) is 20.4 Å². The molecule has 0 aromatic rings. The molecule has 0 amide bonds. The fourth-order valence-corrected chi connectivity index (χ4v) is 3.11. The number of rotatable bonds is 6. The van der Waals surface area contributed by atoms with Crippen LogP contribution in [0.15, 0.2) is 47.8 Å². The van der Waals surface area contributed by atoms with E-state index in [4.69, 9.17) is 18.9 Å². The van der Waals surface area contributed by atoms with Crippen LogP contribution in [0.5, 0.6) is 0 Å². The van der Waals surface area contributed by atoms with Crippen LogP contribution in [0, 0.1) is 5.41 Å². The molecule has 0 saturated carbocycles. The molecule has 2 aliphatic heterocycles. The van der Waals surface area contributed by atoms with E-state index in [1.807, 2.05) is 13.8 Å². The fraction of sp³-hybridized carbons (Fsp3) is 0.450. The van der Waals surface area contributed by atoms with E-state index in [1.54, 1.807) is 19.9 Å². The number of hydrogen-bond acceptors (Lipinski definition) is 7. The molecule has 0 radical (unpaired) electrons. The molecule has 1 saturated heterocycles. The molecule has 7 heteroatoms. The Hall–Kier alpha value is -2.83. The van der Waals surface area contributed by atoms with Crippen molar-refractivity contribution in [3.05, 3.63) is 47.8 Å². The molecule has 146 valence electrons. The maximum Gasteiger partial charge on any atom is 0.340 e. The van der Waals surface area contributed by atoms with Crippen LogP contribution in [0.25, 0.3) is 0 Å². The predicted molar refractivity (Wildman–Crippen MR) is 96.0 cm³/mol. The Morgan fingerprint density at radius 3 is 2.48 bits per heavy atom. The Balaban J connectivity index is 2.30. The summed E-state index contributed by atoms with van der Waals surface area (Å²) in [6, 6.07) is 0. The van der Waals surface area contributed by atoms with Crippen LogP contribution in [-0.4, -0.2) is 36.9 Å². The normalized spacial score (nSPS) is 27.2. The van der Waals surface area contributed by atoms with Gasteiger partial charge in [-0.05, 0) is 31.6 Å². The summed E-state index contributed by atoms with van der Waals surface area (Å²) in [5, 5.41) is 0. The van der Waals surface area contributed by atoms with E-state index in [0.717, 1.165) is 6.26 Å². The van der Waals surface area contributed by atoms with Gasteiger partial charge in [-0.2, -0.15) is 0 Å². The summed E-state index contributed by atoms with van der Waals surface area (Å²) < 4.78 is 20.6. The molecule has 2 atom stereocenters. The van der Waals surface area contributed by atoms with Crippen LogP contribution >= 0.6 is 0 Å². The lowest BCUT2D eigenvalue weighted by Crippen LogP contribution is -2.40. The van der Waals surface area contributed by atoms with E-state index in [-0.39, 0.29) is 18.0 Å². The highest BCUT2D eigenvalue weighted by Crippen LogP contribution is 2.48. The summed E-state index contributed by atoms with van der Waals surface area (Å²) in [6.45, 7) is 11.1. The molecule has 2 heterocycles. The van der Waals surface area contributed by atoms with Crippen molar-refractivity contribution < 1.29 is 33.3 Å². The highest BCUT2D eigenvalue weighted by molar-refractivity contribution is 5.91. The highest BCUT2D eigenvalue weighted by atomic mass is 16.7. The van der Waals surface area contributed by atoms with E-state index < -0.39 is 29.2 Å². The molecule has 0 N–H and O–H groups in total. The van der Waals surface area contributed by atoms with E-state index in [2.05, 4.69) is 6.58 Å². The average molecular weight is 376 g/mol. The fourth-order valence-electron chi connectivity index (χ4n) is 3.11. The first kappa shape index (κ1) is 20.5. The summed E-state index contributed by atoms with van der Waals surface area (Å²) in [6.07, 6.45) is 5.00. The van der Waals surface area contributed by atoms with E-state index >= 15 is 0 Å². The predicted octanol–water partition coefficient (Wildman–Crippen LogP) is 2.73. The van der Waals surface area contributed by atoms with Crippen molar-refractivity contribution in [2.75, 3.05) is 7.11 Å². The van der Waals surface area contributed by atoms with Crippen molar-refractivity contribution in [3.63, 3.8) is 0 Å². The molecule has 0 aliphatic carbocycles. The molecule has 27 heavy (non-hydrogen) atoms. The average Bonchev–Trinajstić information content (AvgIpc) is 3.02. The first-order chi connectivity index (χ1) is 12.5. The topological polar surface area (TPSA) is 88.1 Å². The Labute approximate surface area is 158 Å². The third-order valence-corrected chi connectivity index (χ3v) is 4.68. The number of carbonyl (C=O) groups excluding carboxylic acids is 3. The molecule has 7 nitrogen and oxygen atoms in total. The summed E-state index contributed by atoms with van der Waals surface area (Å²) >= 11 is 0. The molecule has 2 rings (SSSR count). The van der Waals surface area contributed by atoms with Crippen molar-refractivity contribution in [3.8, 4) is 0 Å². The molecule has 2 aliphatic rings. The maximum atomic E-state index is 12.1. The van der Waals surface area contributed by atoms with E-state index in [0.29, 0.717) is 11.1 Å². The van der Waals surface area contributed by atoms with Gasteiger partial charge in [0.05, 0.1) is 19.1 Å². The maximum absolute atomic E-state index is 12.1. The molecule has 0 unspecified atom stereocenters. The smallest absolute Gasteiger partial charge is 0.340 e. The van der Waals surface area contributed by atoms with Gasteiger partial charge in [-0.25, -0.2) is 9.59 Å². The minimum absolute atomic E-state index is 0.0610. The minimum Gasteiger partial charge on any atom is -0.465 e. The summed E-state index contributed by atoms with van der Waals surface area (Å²) in [5.74, 6) is -1.48. The zero-order chi connectivity index (χ0) is 20.4. The summed E-state index contributed by atoms with van der Waals surface area (Å²) in [7, 11) is 1.23. The molecule has 0 aromatic carbocycles. The van der Waals surface area contributed by atoms with Crippen molar-refractivity contribution in [1.29, 1.82) is 0 Å². The summed E-state index contributed by atoms with van der Waals surface area (Å²) in [4.78, 5) is 35.3. The zero-order valence-electron chi connectivity index (χ0n) is 16.2. The second kappa shape index (κ2) is 7.42. The Kier molecular flexibility index (Phi) is 5.63. The van der Waals surface area contributed by atoms with Gasteiger partial charge in [0, 0.05) is 17.1 Å². The number of ether oxygens (including phenoxy) is 4. The quantitative estimate of drug-likeness (QED) is 0.176. The second-order valence-corrected chi connectivity index (χ2v) is 7.21. The molecule has 0 bridgehead atoms. The van der Waals surface area contributed by atoms with Crippen molar-refractivity contribution in [1.82, 2.24) is 0 Å². The van der Waals surface area contributed by atoms with Gasteiger partial charge in [-0.3, -0.25) is 4.79 Å². The highest BCUT2D eigenvalue weighted by Gasteiger charge is 2.54. The summed E-state index contributed by atoms with van der Waals surface area (Å²) in [5.41, 5.74) is -0.499. The molecule has 1 fully saturated rings. The molecule has 0 spiro atoms. The lowest BCUT2D eigenvalue weighted by atomic mass is 9.71. The van der Waals surface area contributed by atoms with E-state index in [1.165, 1.54) is 19.3 Å². The minimum atomic E-state index is -1.06. The molecular weight excluding hydrogens is 352 g/mol. The van der Waals surface area contributed by atoms with Gasteiger partial charge in [-0.15, -0.1) is 0 Å². The van der Waals surface area contributed by atoms with Gasteiger partial charge >= 0.3 is 17.9 Å². The van der Waals surface area contributed by atoms with Crippen molar-refractivity contribution in [2.24, 2.45) is 5.41 Å². The number of methoxy groups -OCH3 is 1. The molecular formula is C20H24O7. The Morgan fingerprint density at radius 1 is 1.37 bits per heavy atom. The van der Waals surface area contributed by atoms with Gasteiger partial charge in [0.15, 0.2) is 5.60 Å². The van der Waals surface area contributed by atoms with Crippen molar-refractivity contribution >= 4 is 17.9 Å². The van der Waals surface area contributed by atoms with Crippen LogP contribution < -0.4 is 0 Å². The van der Waals surface area contributed by atoms with Crippen molar-refractivity contribution in [2.45, 2.75) is 46.0 Å². The first-order valence-electron chi connectivity index (χ1n) is 8.43.